The van der Waals surface area contributed by atoms with Gasteiger partial charge in [0.25, 0.3) is 0 Å². The van der Waals surface area contributed by atoms with E-state index in [0.717, 1.165) is 31.1 Å². The topological polar surface area (TPSA) is 24.3 Å². The molecule has 34 heavy (non-hydrogen) atoms. The zero-order valence-corrected chi connectivity index (χ0v) is 21.6. The molecule has 1 aliphatic rings. The van der Waals surface area contributed by atoms with Crippen molar-refractivity contribution in [3.05, 3.63) is 87.7 Å². The first-order chi connectivity index (χ1) is 16.2. The van der Waals surface area contributed by atoms with Gasteiger partial charge in [0.1, 0.15) is 5.82 Å². The molecule has 3 aromatic carbocycles. The minimum Gasteiger partial charge on any atom is -0.351 e. The van der Waals surface area contributed by atoms with Crippen molar-refractivity contribution >= 4 is 22.4 Å². The second-order valence-corrected chi connectivity index (χ2v) is 10.2. The predicted octanol–water partition coefficient (Wildman–Crippen LogP) is 6.55. The predicted molar refractivity (Wildman–Crippen MR) is 144 cm³/mol. The first kappa shape index (κ1) is 22.5. The van der Waals surface area contributed by atoms with Gasteiger partial charge in [-0.25, -0.2) is 4.98 Å². The monoisotopic (exact) mass is 452 g/mol. The van der Waals surface area contributed by atoms with Gasteiger partial charge in [-0.3, -0.25) is 0 Å². The van der Waals surface area contributed by atoms with Crippen molar-refractivity contribution in [3.8, 4) is 0 Å². The maximum absolute atomic E-state index is 4.85. The third-order valence-corrected chi connectivity index (χ3v) is 7.31. The number of aromatic nitrogens is 2. The number of hydrogen-bond donors (Lipinski definition) is 0. The highest BCUT2D eigenvalue weighted by Crippen LogP contribution is 2.36. The van der Waals surface area contributed by atoms with Gasteiger partial charge in [0.15, 0.2) is 0 Å². The van der Waals surface area contributed by atoms with E-state index in [1.165, 1.54) is 50.3 Å². The Morgan fingerprint density at radius 3 is 1.94 bits per heavy atom. The number of imidazole rings is 1. The molecule has 1 fully saturated rings. The summed E-state index contributed by atoms with van der Waals surface area (Å²) in [6.45, 7) is 18.3. The lowest BCUT2D eigenvalue weighted by Gasteiger charge is -2.30. The molecule has 0 saturated carbocycles. The van der Waals surface area contributed by atoms with Crippen molar-refractivity contribution < 1.29 is 0 Å². The molecule has 1 unspecified atom stereocenters. The van der Waals surface area contributed by atoms with Crippen LogP contribution in [-0.2, 0) is 6.54 Å². The van der Waals surface area contributed by atoms with Crippen molar-refractivity contribution in [2.45, 2.75) is 61.1 Å². The van der Waals surface area contributed by atoms with Crippen LogP contribution in [-0.4, -0.2) is 28.8 Å². The molecule has 0 amide bonds. The Morgan fingerprint density at radius 1 is 0.765 bits per heavy atom. The molecular weight excluding hydrogens is 416 g/mol. The van der Waals surface area contributed by atoms with Crippen molar-refractivity contribution in [3.63, 3.8) is 0 Å². The Morgan fingerprint density at radius 2 is 1.32 bits per heavy atom. The zero-order valence-electron chi connectivity index (χ0n) is 21.6. The number of hydrogen-bond acceptors (Lipinski definition) is 3. The molecule has 4 nitrogen and oxygen atoms in total. The molecule has 5 rings (SSSR count). The van der Waals surface area contributed by atoms with Crippen LogP contribution in [0.5, 0.6) is 0 Å². The Labute approximate surface area is 203 Å². The van der Waals surface area contributed by atoms with Gasteiger partial charge in [0.2, 0.25) is 0 Å². The van der Waals surface area contributed by atoms with Crippen LogP contribution in [0.15, 0.2) is 48.5 Å². The number of anilines is 2. The summed E-state index contributed by atoms with van der Waals surface area (Å²) in [6, 6.07) is 18.1. The summed E-state index contributed by atoms with van der Waals surface area (Å²) in [6.07, 6.45) is 0. The fourth-order valence-electron chi connectivity index (χ4n) is 6.22. The lowest BCUT2D eigenvalue weighted by atomic mass is 10.0. The van der Waals surface area contributed by atoms with Gasteiger partial charge < -0.3 is 14.4 Å². The van der Waals surface area contributed by atoms with E-state index in [1.54, 1.807) is 0 Å². The fourth-order valence-corrected chi connectivity index (χ4v) is 6.22. The van der Waals surface area contributed by atoms with Crippen LogP contribution in [0.1, 0.15) is 39.2 Å². The molecule has 4 aromatic rings. The highest BCUT2D eigenvalue weighted by molar-refractivity contribution is 5.76. The van der Waals surface area contributed by atoms with Crippen molar-refractivity contribution in [1.82, 2.24) is 9.55 Å². The van der Waals surface area contributed by atoms with Gasteiger partial charge in [-0.05, 0) is 82.9 Å². The minimum absolute atomic E-state index is 0.344. The van der Waals surface area contributed by atoms with Gasteiger partial charge in [0, 0.05) is 24.5 Å². The molecule has 2 heterocycles. The van der Waals surface area contributed by atoms with E-state index in [4.69, 9.17) is 4.98 Å². The quantitative estimate of drug-likeness (QED) is 0.351. The molecule has 1 aliphatic heterocycles. The Kier molecular flexibility index (Phi) is 5.63. The van der Waals surface area contributed by atoms with Crippen molar-refractivity contribution in [1.29, 1.82) is 0 Å². The second-order valence-electron chi connectivity index (χ2n) is 10.2. The van der Waals surface area contributed by atoms with Crippen LogP contribution in [0.2, 0.25) is 0 Å². The van der Waals surface area contributed by atoms with Crippen molar-refractivity contribution in [2.24, 2.45) is 0 Å². The highest BCUT2D eigenvalue weighted by Gasteiger charge is 2.34. The minimum atomic E-state index is 0.344. The third-order valence-electron chi connectivity index (χ3n) is 7.31. The van der Waals surface area contributed by atoms with Crippen LogP contribution < -0.4 is 9.80 Å². The van der Waals surface area contributed by atoms with E-state index in [0.29, 0.717) is 6.04 Å². The highest BCUT2D eigenvalue weighted by atomic mass is 15.4. The van der Waals surface area contributed by atoms with E-state index in [-0.39, 0.29) is 0 Å². The molecule has 0 aliphatic carbocycles. The second kappa shape index (κ2) is 8.50. The molecule has 0 bridgehead atoms. The molecule has 176 valence electrons. The van der Waals surface area contributed by atoms with Crippen LogP contribution in [0.3, 0.4) is 0 Å². The van der Waals surface area contributed by atoms with Gasteiger partial charge in [0.05, 0.1) is 23.7 Å². The van der Waals surface area contributed by atoms with Gasteiger partial charge in [-0.2, -0.15) is 0 Å². The largest absolute Gasteiger partial charge is 0.351 e. The standard InChI is InChI=1S/C30H36N4/c1-19-12-21(3)29(22(4)13-19)32-16-26(17-33-25(7)31-27-10-8-9-11-28(27)33)34(18-32)30-23(5)14-20(2)15-24(30)6/h8-15,26H,16-18H2,1-7H3. The zero-order chi connectivity index (χ0) is 24.1. The molecule has 1 aromatic heterocycles. The Balaban J connectivity index is 1.59. The van der Waals surface area contributed by atoms with E-state index in [1.807, 2.05) is 0 Å². The average molecular weight is 453 g/mol. The summed E-state index contributed by atoms with van der Waals surface area (Å²) in [7, 11) is 0. The molecule has 0 N–H and O–H groups in total. The SMILES string of the molecule is Cc1cc(C)c(N2CC(Cn3c(C)nc4ccccc43)N(c3c(C)cc(C)cc3C)C2)c(C)c1. The van der Waals surface area contributed by atoms with Gasteiger partial charge in [-0.15, -0.1) is 0 Å². The Hall–Kier alpha value is -3.27. The third kappa shape index (κ3) is 3.85. The van der Waals surface area contributed by atoms with E-state index in [2.05, 4.69) is 111 Å². The smallest absolute Gasteiger partial charge is 0.106 e. The maximum Gasteiger partial charge on any atom is 0.106 e. The van der Waals surface area contributed by atoms with Crippen LogP contribution in [0.25, 0.3) is 11.0 Å². The van der Waals surface area contributed by atoms with E-state index >= 15 is 0 Å². The lowest BCUT2D eigenvalue weighted by Crippen LogP contribution is -2.35. The number of para-hydroxylation sites is 2. The fraction of sp³-hybridized carbons (Fsp3) is 0.367. The maximum atomic E-state index is 4.85. The van der Waals surface area contributed by atoms with E-state index in [9.17, 15) is 0 Å². The first-order valence-corrected chi connectivity index (χ1v) is 12.3. The van der Waals surface area contributed by atoms with Crippen molar-refractivity contribution in [2.75, 3.05) is 23.0 Å². The summed E-state index contributed by atoms with van der Waals surface area (Å²) >= 11 is 0. The molecule has 1 atom stereocenters. The number of benzene rings is 3. The normalized spacial score (nSPS) is 16.1. The average Bonchev–Trinajstić information content (AvgIpc) is 3.28. The van der Waals surface area contributed by atoms with Gasteiger partial charge in [-0.1, -0.05) is 47.5 Å². The van der Waals surface area contributed by atoms with E-state index < -0.39 is 0 Å². The Bertz CT molecular complexity index is 1330. The summed E-state index contributed by atoms with van der Waals surface area (Å²) in [5.74, 6) is 1.08. The molecule has 1 saturated heterocycles. The number of fused-ring (bicyclic) bond motifs is 1. The van der Waals surface area contributed by atoms with Crippen LogP contribution in [0.4, 0.5) is 11.4 Å². The summed E-state index contributed by atoms with van der Waals surface area (Å²) < 4.78 is 2.41. The molecular formula is C30H36N4. The molecule has 0 spiro atoms. The summed E-state index contributed by atoms with van der Waals surface area (Å²) in [5, 5.41) is 0. The summed E-state index contributed by atoms with van der Waals surface area (Å²) in [5.41, 5.74) is 13.1. The number of nitrogens with zero attached hydrogens (tertiary/aromatic N) is 4. The lowest BCUT2D eigenvalue weighted by molar-refractivity contribution is 0.572. The van der Waals surface area contributed by atoms with Crippen LogP contribution in [0, 0.1) is 48.5 Å². The number of rotatable bonds is 4. The molecule has 0 radical (unpaired) electrons. The molecule has 4 heteroatoms. The number of aryl methyl sites for hydroxylation is 7. The summed E-state index contributed by atoms with van der Waals surface area (Å²) in [4.78, 5) is 10.1. The van der Waals surface area contributed by atoms with Gasteiger partial charge >= 0.3 is 0 Å². The first-order valence-electron chi connectivity index (χ1n) is 12.3. The van der Waals surface area contributed by atoms with Crippen LogP contribution >= 0.6 is 0 Å².